The molecule has 0 aliphatic carbocycles. The molecule has 166 valence electrons. The molecule has 0 fully saturated rings. The van der Waals surface area contributed by atoms with Gasteiger partial charge in [0.1, 0.15) is 23.1 Å². The highest BCUT2D eigenvalue weighted by Gasteiger charge is 2.31. The van der Waals surface area contributed by atoms with Gasteiger partial charge in [-0.1, -0.05) is 62.7 Å². The van der Waals surface area contributed by atoms with Crippen LogP contribution in [-0.2, 0) is 5.41 Å². The van der Waals surface area contributed by atoms with Gasteiger partial charge in [0.15, 0.2) is 0 Å². The summed E-state index contributed by atoms with van der Waals surface area (Å²) in [7, 11) is 0. The molecule has 0 spiro atoms. The number of rotatable bonds is 3. The van der Waals surface area contributed by atoms with Crippen LogP contribution in [0, 0.1) is 11.3 Å². The number of hydrogen-bond acceptors (Lipinski definition) is 5. The third-order valence-corrected chi connectivity index (χ3v) is 5.84. The molecule has 1 aliphatic rings. The lowest BCUT2D eigenvalue weighted by Gasteiger charge is -2.26. The molecule has 0 amide bonds. The zero-order chi connectivity index (χ0) is 23.8. The van der Waals surface area contributed by atoms with Crippen LogP contribution in [0.1, 0.15) is 53.7 Å². The number of ether oxygens (including phenoxy) is 2. The Morgan fingerprint density at radius 1 is 1.06 bits per heavy atom. The average Bonchev–Trinajstić information content (AvgIpc) is 2.78. The third-order valence-electron chi connectivity index (χ3n) is 5.59. The molecule has 1 aliphatic heterocycles. The average molecular weight is 459 g/mol. The predicted molar refractivity (Wildman–Crippen MR) is 127 cm³/mol. The van der Waals surface area contributed by atoms with E-state index in [1.165, 1.54) is 0 Å². The number of fused-ring (bicyclic) bond motifs is 1. The van der Waals surface area contributed by atoms with Crippen molar-refractivity contribution in [3.63, 3.8) is 0 Å². The zero-order valence-electron chi connectivity index (χ0n) is 18.6. The van der Waals surface area contributed by atoms with Crippen LogP contribution in [0.15, 0.2) is 78.2 Å². The van der Waals surface area contributed by atoms with Gasteiger partial charge in [0.05, 0.1) is 11.5 Å². The van der Waals surface area contributed by atoms with Gasteiger partial charge in [0.25, 0.3) is 0 Å². The lowest BCUT2D eigenvalue weighted by atomic mass is 9.83. The third kappa shape index (κ3) is 4.57. The van der Waals surface area contributed by atoms with Crippen molar-refractivity contribution in [2.45, 2.75) is 32.1 Å². The van der Waals surface area contributed by atoms with Crippen LogP contribution in [0.5, 0.6) is 11.5 Å². The van der Waals surface area contributed by atoms with Crippen molar-refractivity contribution in [3.05, 3.63) is 105 Å². The maximum atomic E-state index is 12.7. The maximum Gasteiger partial charge on any atom is 0.343 e. The molecule has 3 aromatic carbocycles. The van der Waals surface area contributed by atoms with Gasteiger partial charge in [-0.15, -0.1) is 0 Å². The summed E-state index contributed by atoms with van der Waals surface area (Å²) in [6.45, 7) is 6.34. The molecule has 1 unspecified atom stereocenters. The highest BCUT2D eigenvalue weighted by Crippen LogP contribution is 2.43. The van der Waals surface area contributed by atoms with Gasteiger partial charge in [-0.25, -0.2) is 4.79 Å². The first-order valence-corrected chi connectivity index (χ1v) is 10.8. The van der Waals surface area contributed by atoms with E-state index < -0.39 is 11.9 Å². The van der Waals surface area contributed by atoms with Crippen LogP contribution < -0.4 is 15.2 Å². The van der Waals surface area contributed by atoms with Crippen LogP contribution in [0.3, 0.4) is 0 Å². The van der Waals surface area contributed by atoms with Crippen LogP contribution in [0.4, 0.5) is 0 Å². The van der Waals surface area contributed by atoms with E-state index in [1.807, 2.05) is 24.3 Å². The number of benzene rings is 3. The number of nitriles is 1. The van der Waals surface area contributed by atoms with E-state index in [0.717, 1.165) is 16.7 Å². The van der Waals surface area contributed by atoms with E-state index in [0.29, 0.717) is 27.7 Å². The Labute approximate surface area is 198 Å². The maximum absolute atomic E-state index is 12.7. The molecule has 33 heavy (non-hydrogen) atoms. The van der Waals surface area contributed by atoms with Crippen molar-refractivity contribution in [1.82, 2.24) is 0 Å². The summed E-state index contributed by atoms with van der Waals surface area (Å²) in [6, 6.07) is 21.8. The van der Waals surface area contributed by atoms with Gasteiger partial charge in [-0.2, -0.15) is 5.26 Å². The van der Waals surface area contributed by atoms with Crippen molar-refractivity contribution < 1.29 is 14.3 Å². The van der Waals surface area contributed by atoms with E-state index in [1.54, 1.807) is 42.5 Å². The molecule has 0 saturated carbocycles. The molecule has 6 heteroatoms. The predicted octanol–water partition coefficient (Wildman–Crippen LogP) is 6.07. The number of carbonyl (C=O) groups excluding carboxylic acids is 1. The van der Waals surface area contributed by atoms with Crippen LogP contribution in [0.2, 0.25) is 5.02 Å². The van der Waals surface area contributed by atoms with E-state index in [9.17, 15) is 10.1 Å². The van der Waals surface area contributed by atoms with E-state index in [-0.39, 0.29) is 11.3 Å². The Hall–Kier alpha value is -3.75. The first kappa shape index (κ1) is 22.4. The van der Waals surface area contributed by atoms with E-state index >= 15 is 0 Å². The second kappa shape index (κ2) is 8.65. The van der Waals surface area contributed by atoms with Crippen LogP contribution >= 0.6 is 11.6 Å². The smallest absolute Gasteiger partial charge is 0.343 e. The molecule has 3 aromatic rings. The highest BCUT2D eigenvalue weighted by atomic mass is 35.5. The van der Waals surface area contributed by atoms with Gasteiger partial charge >= 0.3 is 5.97 Å². The fourth-order valence-electron chi connectivity index (χ4n) is 3.77. The lowest BCUT2D eigenvalue weighted by Crippen LogP contribution is -2.21. The minimum atomic E-state index is -0.471. The molecular formula is C27H23ClN2O3. The fraction of sp³-hybridized carbons (Fsp3) is 0.185. The summed E-state index contributed by atoms with van der Waals surface area (Å²) in [5, 5.41) is 10.3. The van der Waals surface area contributed by atoms with Crippen LogP contribution in [-0.4, -0.2) is 5.97 Å². The second-order valence-electron chi connectivity index (χ2n) is 8.89. The fourth-order valence-corrected chi connectivity index (χ4v) is 3.90. The standard InChI is InChI=1S/C27H23ClN2O3/c1-27(2,3)18-8-4-17(5-9-18)26(31)32-20-12-13-21-23(14-20)33-25(30)22(15-29)24(21)16-6-10-19(28)11-7-16/h4-14,24H,30H2,1-3H3. The quantitative estimate of drug-likeness (QED) is 0.380. The van der Waals surface area contributed by atoms with Crippen molar-refractivity contribution >= 4 is 17.6 Å². The van der Waals surface area contributed by atoms with E-state index in [4.69, 9.17) is 26.8 Å². The highest BCUT2D eigenvalue weighted by molar-refractivity contribution is 6.30. The molecule has 0 radical (unpaired) electrons. The van der Waals surface area contributed by atoms with Crippen molar-refractivity contribution in [3.8, 4) is 17.6 Å². The molecule has 0 aromatic heterocycles. The summed E-state index contributed by atoms with van der Waals surface area (Å²) >= 11 is 6.03. The number of allylic oxidation sites excluding steroid dienone is 1. The first-order valence-electron chi connectivity index (χ1n) is 10.5. The number of esters is 1. The summed E-state index contributed by atoms with van der Waals surface area (Å²) in [6.07, 6.45) is 0. The van der Waals surface area contributed by atoms with Gasteiger partial charge in [0.2, 0.25) is 5.88 Å². The SMILES string of the molecule is CC(C)(C)c1ccc(C(=O)Oc2ccc3c(c2)OC(N)=C(C#N)C3c2ccc(Cl)cc2)cc1. The summed E-state index contributed by atoms with van der Waals surface area (Å²) < 4.78 is 11.3. The Morgan fingerprint density at radius 2 is 1.73 bits per heavy atom. The molecule has 0 saturated heterocycles. The van der Waals surface area contributed by atoms with Crippen molar-refractivity contribution in [1.29, 1.82) is 5.26 Å². The molecule has 2 N–H and O–H groups in total. The monoisotopic (exact) mass is 458 g/mol. The minimum Gasteiger partial charge on any atom is -0.440 e. The molecule has 0 bridgehead atoms. The second-order valence-corrected chi connectivity index (χ2v) is 9.33. The van der Waals surface area contributed by atoms with Gasteiger partial charge in [0, 0.05) is 16.7 Å². The molecule has 1 heterocycles. The zero-order valence-corrected chi connectivity index (χ0v) is 19.3. The lowest BCUT2D eigenvalue weighted by molar-refractivity contribution is 0.0734. The molecular weight excluding hydrogens is 436 g/mol. The number of halogens is 1. The number of nitrogens with zero attached hydrogens (tertiary/aromatic N) is 1. The Balaban J connectivity index is 1.62. The number of carbonyl (C=O) groups is 1. The normalized spacial score (nSPS) is 15.3. The number of hydrogen-bond donors (Lipinski definition) is 1. The largest absolute Gasteiger partial charge is 0.440 e. The van der Waals surface area contributed by atoms with Crippen molar-refractivity contribution in [2.24, 2.45) is 5.73 Å². The first-order chi connectivity index (χ1) is 15.7. The molecule has 5 nitrogen and oxygen atoms in total. The van der Waals surface area contributed by atoms with Crippen molar-refractivity contribution in [2.75, 3.05) is 0 Å². The minimum absolute atomic E-state index is 0.00533. The molecule has 4 rings (SSSR count). The molecule has 1 atom stereocenters. The van der Waals surface area contributed by atoms with Gasteiger partial charge in [-0.05, 0) is 46.9 Å². The van der Waals surface area contributed by atoms with Crippen LogP contribution in [0.25, 0.3) is 0 Å². The summed E-state index contributed by atoms with van der Waals surface area (Å²) in [5.41, 5.74) is 9.54. The Kier molecular flexibility index (Phi) is 5.88. The Morgan fingerprint density at radius 3 is 2.33 bits per heavy atom. The summed E-state index contributed by atoms with van der Waals surface area (Å²) in [4.78, 5) is 12.7. The topological polar surface area (TPSA) is 85.3 Å². The number of nitrogens with two attached hydrogens (primary N) is 1. The van der Waals surface area contributed by atoms with Gasteiger partial charge in [-0.3, -0.25) is 0 Å². The summed E-state index contributed by atoms with van der Waals surface area (Å²) in [5.74, 6) is -0.111. The van der Waals surface area contributed by atoms with Gasteiger partial charge < -0.3 is 15.2 Å². The Bertz CT molecular complexity index is 1280. The van der Waals surface area contributed by atoms with E-state index in [2.05, 4.69) is 26.8 Å².